The number of para-hydroxylation sites is 1. The molecule has 1 aromatic carbocycles. The van der Waals surface area contributed by atoms with E-state index in [-0.39, 0.29) is 11.9 Å². The van der Waals surface area contributed by atoms with Crippen LogP contribution >= 0.6 is 0 Å². The molecule has 0 atom stereocenters. The number of hydrogen-bond donors (Lipinski definition) is 1. The van der Waals surface area contributed by atoms with E-state index in [1.54, 1.807) is 25.4 Å². The summed E-state index contributed by atoms with van der Waals surface area (Å²) in [5, 5.41) is 9.87. The monoisotopic (exact) mass is 339 g/mol. The topological polar surface area (TPSA) is 56.7 Å². The highest BCUT2D eigenvalue weighted by atomic mass is 16.3. The van der Waals surface area contributed by atoms with Gasteiger partial charge in [-0.1, -0.05) is 18.2 Å². The molecule has 2 heterocycles. The van der Waals surface area contributed by atoms with Crippen molar-refractivity contribution in [3.63, 3.8) is 0 Å². The van der Waals surface area contributed by atoms with E-state index >= 15 is 0 Å². The quantitative estimate of drug-likeness (QED) is 0.910. The van der Waals surface area contributed by atoms with Crippen molar-refractivity contribution in [2.75, 3.05) is 24.5 Å². The number of carbonyl (C=O) groups is 1. The molecular formula is C20H25N3O2. The molecule has 0 bridgehead atoms. The third-order valence-electron chi connectivity index (χ3n) is 4.87. The van der Waals surface area contributed by atoms with Crippen molar-refractivity contribution in [3.8, 4) is 5.75 Å². The van der Waals surface area contributed by atoms with E-state index in [0.717, 1.165) is 50.1 Å². The second-order valence-corrected chi connectivity index (χ2v) is 6.55. The summed E-state index contributed by atoms with van der Waals surface area (Å²) < 4.78 is 0. The second kappa shape index (κ2) is 8.12. The Bertz CT molecular complexity index is 697. The van der Waals surface area contributed by atoms with Gasteiger partial charge in [0.25, 0.3) is 0 Å². The molecule has 0 unspecified atom stereocenters. The number of amides is 1. The number of pyridine rings is 1. The molecule has 0 spiro atoms. The number of anilines is 1. The first-order valence-corrected chi connectivity index (χ1v) is 8.84. The Balaban J connectivity index is 1.56. The average Bonchev–Trinajstić information content (AvgIpc) is 2.63. The average molecular weight is 339 g/mol. The summed E-state index contributed by atoms with van der Waals surface area (Å²) in [6.45, 7) is 4.47. The number of likely N-dealkylation sites (tertiary alicyclic amines) is 1. The van der Waals surface area contributed by atoms with E-state index in [9.17, 15) is 9.90 Å². The molecule has 3 rings (SSSR count). The predicted molar refractivity (Wildman–Crippen MR) is 98.7 cm³/mol. The molecule has 1 aromatic heterocycles. The van der Waals surface area contributed by atoms with Crippen LogP contribution in [0.5, 0.6) is 5.75 Å². The first-order chi connectivity index (χ1) is 12.1. The number of rotatable bonds is 5. The van der Waals surface area contributed by atoms with Crippen molar-refractivity contribution in [2.24, 2.45) is 0 Å². The van der Waals surface area contributed by atoms with E-state index < -0.39 is 0 Å². The van der Waals surface area contributed by atoms with E-state index in [1.165, 1.54) is 0 Å². The van der Waals surface area contributed by atoms with Gasteiger partial charge in [0, 0.05) is 38.8 Å². The first kappa shape index (κ1) is 17.4. The molecule has 0 saturated carbocycles. The molecule has 1 aliphatic heterocycles. The van der Waals surface area contributed by atoms with Gasteiger partial charge in [-0.05, 0) is 43.0 Å². The van der Waals surface area contributed by atoms with Gasteiger partial charge in [-0.3, -0.25) is 9.78 Å². The number of aromatic hydroxyl groups is 1. The Morgan fingerprint density at radius 1 is 1.24 bits per heavy atom. The van der Waals surface area contributed by atoms with Crippen LogP contribution in [-0.2, 0) is 11.2 Å². The minimum atomic E-state index is 0.0701. The van der Waals surface area contributed by atoms with Crippen LogP contribution in [0.3, 0.4) is 0 Å². The van der Waals surface area contributed by atoms with Gasteiger partial charge in [0.1, 0.15) is 5.75 Å². The molecule has 25 heavy (non-hydrogen) atoms. The van der Waals surface area contributed by atoms with Gasteiger partial charge in [-0.15, -0.1) is 0 Å². The maximum absolute atomic E-state index is 12.1. The molecule has 1 fully saturated rings. The smallest absolute Gasteiger partial charge is 0.224 e. The van der Waals surface area contributed by atoms with Crippen molar-refractivity contribution in [1.82, 2.24) is 9.88 Å². The summed E-state index contributed by atoms with van der Waals surface area (Å²) >= 11 is 0. The van der Waals surface area contributed by atoms with Crippen LogP contribution in [0.25, 0.3) is 0 Å². The molecule has 5 nitrogen and oxygen atoms in total. The van der Waals surface area contributed by atoms with Crippen molar-refractivity contribution >= 4 is 11.6 Å². The van der Waals surface area contributed by atoms with E-state index in [2.05, 4.69) is 9.88 Å². The number of nitrogens with zero attached hydrogens (tertiary/aromatic N) is 3. The lowest BCUT2D eigenvalue weighted by molar-refractivity contribution is -0.117. The maximum Gasteiger partial charge on any atom is 0.224 e. The fourth-order valence-corrected chi connectivity index (χ4v) is 3.55. The van der Waals surface area contributed by atoms with Gasteiger partial charge < -0.3 is 14.9 Å². The van der Waals surface area contributed by atoms with Crippen molar-refractivity contribution in [1.29, 1.82) is 0 Å². The van der Waals surface area contributed by atoms with Crippen molar-refractivity contribution in [2.45, 2.75) is 32.2 Å². The molecule has 1 saturated heterocycles. The molecule has 1 aliphatic rings. The van der Waals surface area contributed by atoms with E-state index in [1.807, 2.05) is 35.2 Å². The van der Waals surface area contributed by atoms with Crippen LogP contribution in [0.4, 0.5) is 5.69 Å². The molecule has 1 amide bonds. The minimum absolute atomic E-state index is 0.0701. The van der Waals surface area contributed by atoms with Gasteiger partial charge in [-0.25, -0.2) is 0 Å². The predicted octanol–water partition coefficient (Wildman–Crippen LogP) is 2.85. The Labute approximate surface area is 148 Å². The number of hydrogen-bond acceptors (Lipinski definition) is 4. The van der Waals surface area contributed by atoms with Crippen LogP contribution in [0, 0.1) is 0 Å². The third kappa shape index (κ3) is 4.37. The Kier molecular flexibility index (Phi) is 5.66. The molecule has 2 aromatic rings. The lowest BCUT2D eigenvalue weighted by atomic mass is 10.0. The third-order valence-corrected chi connectivity index (χ3v) is 4.87. The normalized spacial score (nSPS) is 15.9. The highest BCUT2D eigenvalue weighted by molar-refractivity contribution is 5.91. The number of phenolic OH excluding ortho intramolecular Hbond substituents is 1. The SMILES string of the molecule is CC(=O)N(c1cccnc1)C1CCN(CCc2ccccc2O)CC1. The van der Waals surface area contributed by atoms with Gasteiger partial charge in [0.2, 0.25) is 5.91 Å². The number of aromatic nitrogens is 1. The second-order valence-electron chi connectivity index (χ2n) is 6.55. The standard InChI is InChI=1S/C20H25N3O2/c1-16(24)23(19-6-4-11-21-15-19)18-9-13-22(14-10-18)12-8-17-5-2-3-7-20(17)25/h2-7,11,15,18,25H,8-10,12-14H2,1H3. The summed E-state index contributed by atoms with van der Waals surface area (Å²) in [5.74, 6) is 0.442. The number of benzene rings is 1. The fourth-order valence-electron chi connectivity index (χ4n) is 3.55. The highest BCUT2D eigenvalue weighted by Gasteiger charge is 2.27. The summed E-state index contributed by atoms with van der Waals surface area (Å²) in [7, 11) is 0. The van der Waals surface area contributed by atoms with E-state index in [0.29, 0.717) is 5.75 Å². The Morgan fingerprint density at radius 2 is 2.00 bits per heavy atom. The Hall–Kier alpha value is -2.40. The van der Waals surface area contributed by atoms with Crippen molar-refractivity contribution < 1.29 is 9.90 Å². The number of piperidine rings is 1. The summed E-state index contributed by atoms with van der Waals surface area (Å²) in [4.78, 5) is 20.6. The lowest BCUT2D eigenvalue weighted by Gasteiger charge is -2.38. The zero-order valence-electron chi connectivity index (χ0n) is 14.6. The van der Waals surface area contributed by atoms with Crippen molar-refractivity contribution in [3.05, 3.63) is 54.4 Å². The van der Waals surface area contributed by atoms with Gasteiger partial charge in [0.15, 0.2) is 0 Å². The van der Waals surface area contributed by atoms with Crippen LogP contribution < -0.4 is 4.90 Å². The molecule has 5 heteroatoms. The maximum atomic E-state index is 12.1. The zero-order valence-corrected chi connectivity index (χ0v) is 14.6. The summed E-state index contributed by atoms with van der Waals surface area (Å²) in [6, 6.07) is 11.6. The molecule has 132 valence electrons. The van der Waals surface area contributed by atoms with Gasteiger partial charge >= 0.3 is 0 Å². The summed E-state index contributed by atoms with van der Waals surface area (Å²) in [5.41, 5.74) is 1.87. The molecule has 0 radical (unpaired) electrons. The van der Waals surface area contributed by atoms with Gasteiger partial charge in [0.05, 0.1) is 11.9 Å². The van der Waals surface area contributed by atoms with Crippen LogP contribution in [0.2, 0.25) is 0 Å². The van der Waals surface area contributed by atoms with Crippen LogP contribution in [-0.4, -0.2) is 46.6 Å². The number of carbonyl (C=O) groups excluding carboxylic acids is 1. The zero-order chi connectivity index (χ0) is 17.6. The summed E-state index contributed by atoms with van der Waals surface area (Å²) in [6.07, 6.45) is 6.23. The molecule has 1 N–H and O–H groups in total. The fraction of sp³-hybridized carbons (Fsp3) is 0.400. The van der Waals surface area contributed by atoms with Crippen LogP contribution in [0.1, 0.15) is 25.3 Å². The van der Waals surface area contributed by atoms with E-state index in [4.69, 9.17) is 0 Å². The van der Waals surface area contributed by atoms with Gasteiger partial charge in [-0.2, -0.15) is 0 Å². The van der Waals surface area contributed by atoms with Crippen LogP contribution in [0.15, 0.2) is 48.8 Å². The Morgan fingerprint density at radius 3 is 2.64 bits per heavy atom. The first-order valence-electron chi connectivity index (χ1n) is 8.84. The minimum Gasteiger partial charge on any atom is -0.508 e. The largest absolute Gasteiger partial charge is 0.508 e. The number of phenols is 1. The lowest BCUT2D eigenvalue weighted by Crippen LogP contribution is -2.47. The molecule has 0 aliphatic carbocycles. The highest BCUT2D eigenvalue weighted by Crippen LogP contribution is 2.24. The molecular weight excluding hydrogens is 314 g/mol.